The maximum absolute atomic E-state index is 12.6. The number of nitrogens with one attached hydrogen (secondary N) is 2. The minimum Gasteiger partial charge on any atom is -0.491 e. The molecule has 1 aliphatic rings. The van der Waals surface area contributed by atoms with Crippen molar-refractivity contribution in [1.82, 2.24) is 10.6 Å². The lowest BCUT2D eigenvalue weighted by Gasteiger charge is -2.30. The molecule has 1 atom stereocenters. The summed E-state index contributed by atoms with van der Waals surface area (Å²) in [5, 5.41) is 5.85. The fourth-order valence-corrected chi connectivity index (χ4v) is 2.76. The molecule has 1 aliphatic heterocycles. The van der Waals surface area contributed by atoms with Crippen molar-refractivity contribution in [2.45, 2.75) is 52.9 Å². The number of urea groups is 1. The number of allylic oxidation sites excluding steroid dienone is 1. The van der Waals surface area contributed by atoms with Gasteiger partial charge >= 0.3 is 12.0 Å². The molecule has 0 bridgehead atoms. The molecular formula is C18H23ClN2O4. The molecule has 0 saturated heterocycles. The lowest BCUT2D eigenvalue weighted by atomic mass is 9.94. The number of benzene rings is 1. The Morgan fingerprint density at radius 1 is 1.20 bits per heavy atom. The van der Waals surface area contributed by atoms with Crippen LogP contribution in [0, 0.1) is 0 Å². The fraction of sp³-hybridized carbons (Fsp3) is 0.444. The van der Waals surface area contributed by atoms with Gasteiger partial charge in [-0.25, -0.2) is 9.59 Å². The van der Waals surface area contributed by atoms with Crippen LogP contribution in [0.4, 0.5) is 4.79 Å². The number of carbonyl (C=O) groups excluding carboxylic acids is 2. The highest BCUT2D eigenvalue weighted by atomic mass is 35.5. The first kappa shape index (κ1) is 19.1. The van der Waals surface area contributed by atoms with Gasteiger partial charge in [0, 0.05) is 16.3 Å². The minimum atomic E-state index is -0.715. The second-order valence-corrected chi connectivity index (χ2v) is 6.81. The second-order valence-electron chi connectivity index (χ2n) is 6.37. The molecule has 0 saturated carbocycles. The Hall–Kier alpha value is -2.21. The van der Waals surface area contributed by atoms with Crippen molar-refractivity contribution in [2.24, 2.45) is 0 Å². The average molecular weight is 367 g/mol. The van der Waals surface area contributed by atoms with Crippen molar-refractivity contribution in [3.8, 4) is 5.75 Å². The summed E-state index contributed by atoms with van der Waals surface area (Å²) in [5.74, 6) is 0.0507. The van der Waals surface area contributed by atoms with Crippen LogP contribution in [0.15, 0.2) is 29.5 Å². The first-order chi connectivity index (χ1) is 11.7. The van der Waals surface area contributed by atoms with E-state index in [-0.39, 0.29) is 12.2 Å². The van der Waals surface area contributed by atoms with Crippen LogP contribution in [0.5, 0.6) is 5.75 Å². The Morgan fingerprint density at radius 2 is 1.88 bits per heavy atom. The summed E-state index contributed by atoms with van der Waals surface area (Å²) in [4.78, 5) is 24.6. The summed E-state index contributed by atoms with van der Waals surface area (Å²) in [7, 11) is 0. The normalized spacial score (nSPS) is 17.4. The molecule has 1 aromatic carbocycles. The van der Waals surface area contributed by atoms with Gasteiger partial charge in [0.05, 0.1) is 23.8 Å². The summed E-state index contributed by atoms with van der Waals surface area (Å²) >= 11 is 6.14. The smallest absolute Gasteiger partial charge is 0.338 e. The Labute approximate surface area is 152 Å². The van der Waals surface area contributed by atoms with Gasteiger partial charge in [-0.15, -0.1) is 0 Å². The number of esters is 1. The molecule has 2 amide bonds. The van der Waals surface area contributed by atoms with E-state index in [0.29, 0.717) is 27.6 Å². The Balaban J connectivity index is 2.54. The summed E-state index contributed by atoms with van der Waals surface area (Å²) in [6, 6.07) is 4.00. The summed E-state index contributed by atoms with van der Waals surface area (Å²) in [6.07, 6.45) is -0.356. The zero-order valence-corrected chi connectivity index (χ0v) is 15.7. The number of ether oxygens (including phenoxy) is 2. The molecule has 2 rings (SSSR count). The molecule has 136 valence electrons. The molecule has 0 aromatic heterocycles. The molecule has 0 spiro atoms. The van der Waals surface area contributed by atoms with Crippen molar-refractivity contribution >= 4 is 23.6 Å². The van der Waals surface area contributed by atoms with Gasteiger partial charge in [0.2, 0.25) is 0 Å². The van der Waals surface area contributed by atoms with Gasteiger partial charge < -0.3 is 20.1 Å². The van der Waals surface area contributed by atoms with Crippen LogP contribution in [0.1, 0.15) is 46.2 Å². The van der Waals surface area contributed by atoms with E-state index < -0.39 is 18.0 Å². The van der Waals surface area contributed by atoms with Crippen LogP contribution in [0.2, 0.25) is 5.02 Å². The highest BCUT2D eigenvalue weighted by Gasteiger charge is 2.34. The van der Waals surface area contributed by atoms with Crippen molar-refractivity contribution in [3.63, 3.8) is 0 Å². The van der Waals surface area contributed by atoms with E-state index in [9.17, 15) is 9.59 Å². The highest BCUT2D eigenvalue weighted by molar-refractivity contribution is 6.30. The first-order valence-electron chi connectivity index (χ1n) is 8.14. The maximum Gasteiger partial charge on any atom is 0.338 e. The number of amides is 2. The van der Waals surface area contributed by atoms with Gasteiger partial charge in [0.15, 0.2) is 0 Å². The topological polar surface area (TPSA) is 76.7 Å². The van der Waals surface area contributed by atoms with E-state index in [4.69, 9.17) is 21.1 Å². The van der Waals surface area contributed by atoms with Crippen LogP contribution in [-0.2, 0) is 9.53 Å². The standard InChI is InChI=1S/C18H23ClN2O4/c1-9(2)24-14-7-6-12(19)8-13(14)16-15(17(22)25-10(3)4)11(5)20-18(23)21-16/h6-10,16H,1-5H3,(H2,20,21,23). The lowest BCUT2D eigenvalue weighted by molar-refractivity contribution is -0.143. The number of hydrogen-bond donors (Lipinski definition) is 2. The zero-order chi connectivity index (χ0) is 18.7. The largest absolute Gasteiger partial charge is 0.491 e. The average Bonchev–Trinajstić information content (AvgIpc) is 2.46. The maximum atomic E-state index is 12.6. The number of hydrogen-bond acceptors (Lipinski definition) is 4. The van der Waals surface area contributed by atoms with Gasteiger partial charge in [-0.05, 0) is 52.8 Å². The van der Waals surface area contributed by atoms with E-state index in [1.54, 1.807) is 39.0 Å². The van der Waals surface area contributed by atoms with Gasteiger partial charge in [-0.3, -0.25) is 0 Å². The fourth-order valence-electron chi connectivity index (χ4n) is 2.58. The molecule has 2 N–H and O–H groups in total. The van der Waals surface area contributed by atoms with E-state index in [1.807, 2.05) is 13.8 Å². The van der Waals surface area contributed by atoms with Crippen LogP contribution in [0.3, 0.4) is 0 Å². The Morgan fingerprint density at radius 3 is 2.48 bits per heavy atom. The predicted octanol–water partition coefficient (Wildman–Crippen LogP) is 3.71. The second kappa shape index (κ2) is 7.78. The third-order valence-corrected chi connectivity index (χ3v) is 3.71. The van der Waals surface area contributed by atoms with E-state index >= 15 is 0 Å². The van der Waals surface area contributed by atoms with Crippen LogP contribution < -0.4 is 15.4 Å². The lowest BCUT2D eigenvalue weighted by Crippen LogP contribution is -2.45. The summed E-state index contributed by atoms with van der Waals surface area (Å²) < 4.78 is 11.2. The minimum absolute atomic E-state index is 0.0755. The summed E-state index contributed by atoms with van der Waals surface area (Å²) in [5.41, 5.74) is 1.37. The van der Waals surface area contributed by atoms with Gasteiger partial charge in [-0.2, -0.15) is 0 Å². The zero-order valence-electron chi connectivity index (χ0n) is 15.0. The van der Waals surface area contributed by atoms with Crippen molar-refractivity contribution < 1.29 is 19.1 Å². The number of halogens is 1. The quantitative estimate of drug-likeness (QED) is 0.779. The molecule has 1 aromatic rings. The molecular weight excluding hydrogens is 344 g/mol. The molecule has 0 fully saturated rings. The van der Waals surface area contributed by atoms with Crippen molar-refractivity contribution in [3.05, 3.63) is 40.1 Å². The molecule has 7 heteroatoms. The van der Waals surface area contributed by atoms with Gasteiger partial charge in [0.25, 0.3) is 0 Å². The Kier molecular flexibility index (Phi) is 5.95. The van der Waals surface area contributed by atoms with E-state index in [2.05, 4.69) is 10.6 Å². The number of carbonyl (C=O) groups is 2. The van der Waals surface area contributed by atoms with Crippen LogP contribution in [-0.4, -0.2) is 24.2 Å². The molecule has 0 aliphatic carbocycles. The molecule has 6 nitrogen and oxygen atoms in total. The molecule has 1 unspecified atom stereocenters. The first-order valence-corrected chi connectivity index (χ1v) is 8.52. The molecule has 0 radical (unpaired) electrons. The molecule has 1 heterocycles. The number of rotatable bonds is 5. The monoisotopic (exact) mass is 366 g/mol. The van der Waals surface area contributed by atoms with Crippen LogP contribution >= 0.6 is 11.6 Å². The summed E-state index contributed by atoms with van der Waals surface area (Å²) in [6.45, 7) is 8.99. The van der Waals surface area contributed by atoms with Crippen molar-refractivity contribution in [2.75, 3.05) is 0 Å². The van der Waals surface area contributed by atoms with Gasteiger partial charge in [0.1, 0.15) is 5.75 Å². The third-order valence-electron chi connectivity index (χ3n) is 3.48. The van der Waals surface area contributed by atoms with E-state index in [1.165, 1.54) is 0 Å². The SMILES string of the molecule is CC1=C(C(=O)OC(C)C)C(c2cc(Cl)ccc2OC(C)C)NC(=O)N1. The third kappa shape index (κ3) is 4.66. The van der Waals surface area contributed by atoms with Crippen LogP contribution in [0.25, 0.3) is 0 Å². The van der Waals surface area contributed by atoms with E-state index in [0.717, 1.165) is 0 Å². The Bertz CT molecular complexity index is 713. The van der Waals surface area contributed by atoms with Gasteiger partial charge in [-0.1, -0.05) is 11.6 Å². The molecule has 25 heavy (non-hydrogen) atoms. The van der Waals surface area contributed by atoms with Crippen molar-refractivity contribution in [1.29, 1.82) is 0 Å². The predicted molar refractivity (Wildman–Crippen MR) is 95.6 cm³/mol. The highest BCUT2D eigenvalue weighted by Crippen LogP contribution is 2.36.